The van der Waals surface area contributed by atoms with Crippen LogP contribution in [0.15, 0.2) is 52.7 Å². The number of nitrogens with zero attached hydrogens (tertiary/aromatic N) is 1. The third-order valence-electron chi connectivity index (χ3n) is 3.21. The maximum Gasteiger partial charge on any atom is 0.448 e. The number of aryl methyl sites for hydroxylation is 1. The second-order valence-electron chi connectivity index (χ2n) is 4.93. The molecule has 1 aliphatic carbocycles. The minimum Gasteiger partial charge on any atom is -0.511 e. The lowest BCUT2D eigenvalue weighted by molar-refractivity contribution is 0.342. The van der Waals surface area contributed by atoms with Gasteiger partial charge < -0.3 is 25.1 Å². The van der Waals surface area contributed by atoms with Gasteiger partial charge in [0.2, 0.25) is 0 Å². The number of rotatable bonds is 4. The first-order valence-electron chi connectivity index (χ1n) is 6.49. The summed E-state index contributed by atoms with van der Waals surface area (Å²) in [6, 6.07) is 6.49. The first-order chi connectivity index (χ1) is 10.2. The highest BCUT2D eigenvalue weighted by atomic mass is 31.2. The Kier molecular flexibility index (Phi) is 4.71. The monoisotopic (exact) mass is 325 g/mol. The van der Waals surface area contributed by atoms with Gasteiger partial charge in [-0.25, -0.2) is 4.57 Å². The molecule has 0 saturated carbocycles. The van der Waals surface area contributed by atoms with Crippen molar-refractivity contribution in [1.29, 1.82) is 0 Å². The molecule has 1 unspecified atom stereocenters. The predicted molar refractivity (Wildman–Crippen MR) is 80.8 cm³/mol. The van der Waals surface area contributed by atoms with Gasteiger partial charge in [0.25, 0.3) is 0 Å². The van der Waals surface area contributed by atoms with Crippen LogP contribution in [0, 0.1) is 5.92 Å². The third kappa shape index (κ3) is 4.46. The summed E-state index contributed by atoms with van der Waals surface area (Å²) in [6.45, 7) is 0. The molecule has 1 aliphatic rings. The molecule has 1 atom stereocenters. The maximum atomic E-state index is 11.0. The smallest absolute Gasteiger partial charge is 0.448 e. The molecule has 0 spiro atoms. The van der Waals surface area contributed by atoms with E-state index >= 15 is 0 Å². The fourth-order valence-electron chi connectivity index (χ4n) is 2.22. The zero-order valence-corrected chi connectivity index (χ0v) is 12.4. The van der Waals surface area contributed by atoms with Gasteiger partial charge in [0.05, 0.1) is 11.6 Å². The fraction of sp³-hybridized carbons (Fsp3) is 0.214. The summed E-state index contributed by atoms with van der Waals surface area (Å²) in [4.78, 5) is 17.9. The molecule has 1 aromatic rings. The zero-order valence-electron chi connectivity index (χ0n) is 11.5. The Morgan fingerprint density at radius 1 is 1.05 bits per heavy atom. The van der Waals surface area contributed by atoms with E-state index in [1.165, 1.54) is 12.1 Å². The highest BCUT2D eigenvalue weighted by Gasteiger charge is 2.26. The first kappa shape index (κ1) is 16.3. The van der Waals surface area contributed by atoms with Crippen LogP contribution in [0.2, 0.25) is 0 Å². The first-order valence-corrected chi connectivity index (χ1v) is 8.06. The number of phenolic OH excluding ortho intramolecular Hbond substituents is 1. The Balaban J connectivity index is 2.19. The van der Waals surface area contributed by atoms with Gasteiger partial charge in [-0.2, -0.15) is 4.76 Å². The van der Waals surface area contributed by atoms with Crippen LogP contribution in [-0.2, 0) is 11.0 Å². The van der Waals surface area contributed by atoms with Crippen LogP contribution >= 0.6 is 7.75 Å². The normalized spacial score (nSPS) is 20.6. The molecule has 0 amide bonds. The molecule has 0 radical (unpaired) electrons. The van der Waals surface area contributed by atoms with Gasteiger partial charge in [-0.3, -0.25) is 0 Å². The van der Waals surface area contributed by atoms with E-state index in [1.807, 2.05) is 0 Å². The number of allylic oxidation sites excluding steroid dienone is 3. The summed E-state index contributed by atoms with van der Waals surface area (Å²) in [5, 5.41) is 28.6. The average Bonchev–Trinajstić information content (AvgIpc) is 2.37. The van der Waals surface area contributed by atoms with Crippen LogP contribution in [0.5, 0.6) is 5.75 Å². The molecule has 0 fully saturated rings. The highest BCUT2D eigenvalue weighted by Crippen LogP contribution is 2.39. The van der Waals surface area contributed by atoms with E-state index in [1.54, 1.807) is 12.1 Å². The van der Waals surface area contributed by atoms with E-state index in [-0.39, 0.29) is 23.0 Å². The molecular formula is C14H16NO6P. The molecule has 7 nitrogen and oxygen atoms in total. The standard InChI is InChI=1S/C14H16NO6P/c16-10-4-1-9(2-5-10)3-6-12-13(15-22(19,20)21)7-11(17)8-14(12)18/h1-2,4-5,7-8,12,16-18H,3,6H2,(H2,19,20,21)/b15-13+. The Bertz CT molecular complexity index is 686. The van der Waals surface area contributed by atoms with Gasteiger partial charge in [0, 0.05) is 12.2 Å². The van der Waals surface area contributed by atoms with Crippen molar-refractivity contribution in [2.24, 2.45) is 10.7 Å². The lowest BCUT2D eigenvalue weighted by Gasteiger charge is -2.20. The predicted octanol–water partition coefficient (Wildman–Crippen LogP) is 2.37. The van der Waals surface area contributed by atoms with Gasteiger partial charge >= 0.3 is 7.75 Å². The number of aliphatic hydroxyl groups is 2. The summed E-state index contributed by atoms with van der Waals surface area (Å²) in [7, 11) is -4.67. The Hall–Kier alpha value is -2.08. The molecule has 5 N–H and O–H groups in total. The van der Waals surface area contributed by atoms with Crippen molar-refractivity contribution in [1.82, 2.24) is 0 Å². The van der Waals surface area contributed by atoms with Crippen LogP contribution < -0.4 is 0 Å². The van der Waals surface area contributed by atoms with E-state index in [2.05, 4.69) is 4.76 Å². The van der Waals surface area contributed by atoms with Gasteiger partial charge in [0.15, 0.2) is 0 Å². The highest BCUT2D eigenvalue weighted by molar-refractivity contribution is 7.50. The summed E-state index contributed by atoms with van der Waals surface area (Å²) in [5.41, 5.74) is 0.824. The van der Waals surface area contributed by atoms with E-state index in [9.17, 15) is 19.9 Å². The van der Waals surface area contributed by atoms with Crippen LogP contribution in [-0.4, -0.2) is 30.8 Å². The van der Waals surface area contributed by atoms with E-state index in [4.69, 9.17) is 9.79 Å². The molecule has 0 bridgehead atoms. The number of aliphatic hydroxyl groups excluding tert-OH is 2. The van der Waals surface area contributed by atoms with Crippen molar-refractivity contribution in [3.8, 4) is 5.75 Å². The molecular weight excluding hydrogens is 309 g/mol. The SMILES string of the molecule is O=P(O)(O)/N=C1\C=C(O)C=C(O)C1CCc1ccc(O)cc1. The van der Waals surface area contributed by atoms with Crippen molar-refractivity contribution in [2.75, 3.05) is 0 Å². The number of hydrogen-bond donors (Lipinski definition) is 5. The Morgan fingerprint density at radius 3 is 2.27 bits per heavy atom. The number of phenols is 1. The molecule has 0 aliphatic heterocycles. The fourth-order valence-corrected chi connectivity index (χ4v) is 2.71. The third-order valence-corrected chi connectivity index (χ3v) is 3.70. The van der Waals surface area contributed by atoms with Crippen molar-refractivity contribution in [3.05, 3.63) is 53.5 Å². The van der Waals surface area contributed by atoms with E-state index in [0.29, 0.717) is 12.8 Å². The molecule has 2 rings (SSSR count). The summed E-state index contributed by atoms with van der Waals surface area (Å²) in [6.07, 6.45) is 3.09. The Morgan fingerprint density at radius 2 is 1.68 bits per heavy atom. The summed E-state index contributed by atoms with van der Waals surface area (Å²) >= 11 is 0. The molecule has 0 aromatic heterocycles. The summed E-state index contributed by atoms with van der Waals surface area (Å²) in [5.74, 6) is -1.09. The average molecular weight is 325 g/mol. The quantitative estimate of drug-likeness (QED) is 0.540. The number of hydrogen-bond acceptors (Lipinski definition) is 4. The van der Waals surface area contributed by atoms with Gasteiger partial charge in [-0.15, -0.1) is 0 Å². The molecule has 118 valence electrons. The summed E-state index contributed by atoms with van der Waals surface area (Å²) < 4.78 is 14.3. The minimum atomic E-state index is -4.67. The van der Waals surface area contributed by atoms with Gasteiger partial charge in [-0.05, 0) is 30.5 Å². The Labute approximate surface area is 126 Å². The van der Waals surface area contributed by atoms with Crippen LogP contribution in [0.3, 0.4) is 0 Å². The lowest BCUT2D eigenvalue weighted by Crippen LogP contribution is -2.20. The van der Waals surface area contributed by atoms with Crippen molar-refractivity contribution in [3.63, 3.8) is 0 Å². The largest absolute Gasteiger partial charge is 0.511 e. The number of aromatic hydroxyl groups is 1. The molecule has 0 saturated heterocycles. The maximum absolute atomic E-state index is 11.0. The molecule has 8 heteroatoms. The van der Waals surface area contributed by atoms with Crippen LogP contribution in [0.4, 0.5) is 0 Å². The van der Waals surface area contributed by atoms with Crippen molar-refractivity contribution < 1.29 is 29.7 Å². The molecule has 22 heavy (non-hydrogen) atoms. The van der Waals surface area contributed by atoms with E-state index in [0.717, 1.165) is 17.7 Å². The van der Waals surface area contributed by atoms with Crippen molar-refractivity contribution >= 4 is 13.5 Å². The van der Waals surface area contributed by atoms with E-state index < -0.39 is 13.7 Å². The second-order valence-corrected chi connectivity index (χ2v) is 6.16. The molecule has 1 aromatic carbocycles. The lowest BCUT2D eigenvalue weighted by atomic mass is 9.89. The second kappa shape index (κ2) is 6.36. The molecule has 0 heterocycles. The van der Waals surface area contributed by atoms with Crippen LogP contribution in [0.1, 0.15) is 12.0 Å². The zero-order chi connectivity index (χ0) is 16.3. The van der Waals surface area contributed by atoms with Gasteiger partial charge in [0.1, 0.15) is 17.3 Å². The van der Waals surface area contributed by atoms with Gasteiger partial charge in [-0.1, -0.05) is 12.1 Å². The van der Waals surface area contributed by atoms with Crippen molar-refractivity contribution in [2.45, 2.75) is 12.8 Å². The number of benzene rings is 1. The minimum absolute atomic E-state index is 0.0652. The van der Waals surface area contributed by atoms with Crippen LogP contribution in [0.25, 0.3) is 0 Å². The topological polar surface area (TPSA) is 131 Å².